The van der Waals surface area contributed by atoms with Gasteiger partial charge in [-0.15, -0.1) is 0 Å². The number of amides is 1. The zero-order valence-electron chi connectivity index (χ0n) is 8.67. The summed E-state index contributed by atoms with van der Waals surface area (Å²) in [6, 6.07) is 0. The van der Waals surface area contributed by atoms with Crippen molar-refractivity contribution in [1.29, 1.82) is 0 Å². The Morgan fingerprint density at radius 3 is 2.43 bits per heavy atom. The highest BCUT2D eigenvalue weighted by molar-refractivity contribution is 5.76. The third-order valence-electron chi connectivity index (χ3n) is 1.60. The molecule has 14 heavy (non-hydrogen) atoms. The average molecular weight is 199 g/mol. The molecule has 0 saturated carbocycles. The van der Waals surface area contributed by atoms with E-state index in [-0.39, 0.29) is 18.7 Å². The van der Waals surface area contributed by atoms with Crippen LogP contribution in [0.3, 0.4) is 0 Å². The van der Waals surface area contributed by atoms with Crippen LogP contribution in [0.25, 0.3) is 0 Å². The van der Waals surface area contributed by atoms with Crippen LogP contribution < -0.4 is 5.32 Å². The van der Waals surface area contributed by atoms with Gasteiger partial charge in [-0.2, -0.15) is 0 Å². The van der Waals surface area contributed by atoms with E-state index in [1.807, 2.05) is 19.9 Å². The highest BCUT2D eigenvalue weighted by Crippen LogP contribution is 1.95. The molecule has 0 rings (SSSR count). The number of hydrogen-bond donors (Lipinski definition) is 2. The first-order valence-electron chi connectivity index (χ1n) is 4.64. The first kappa shape index (κ1) is 12.7. The van der Waals surface area contributed by atoms with Crippen LogP contribution in [0.15, 0.2) is 11.6 Å². The molecule has 0 aliphatic rings. The fraction of sp³-hybridized carbons (Fsp3) is 0.600. The van der Waals surface area contributed by atoms with Crippen molar-refractivity contribution in [2.75, 3.05) is 6.54 Å². The van der Waals surface area contributed by atoms with Crippen molar-refractivity contribution in [2.45, 2.75) is 33.1 Å². The third kappa shape index (κ3) is 8.77. The molecule has 0 fully saturated rings. The van der Waals surface area contributed by atoms with Crippen LogP contribution in [0.4, 0.5) is 0 Å². The number of carbonyl (C=O) groups excluding carboxylic acids is 1. The number of allylic oxidation sites excluding steroid dienone is 1. The Morgan fingerprint density at radius 1 is 1.29 bits per heavy atom. The maximum absolute atomic E-state index is 11.1. The lowest BCUT2D eigenvalue weighted by molar-refractivity contribution is -0.137. The summed E-state index contributed by atoms with van der Waals surface area (Å²) in [5.41, 5.74) is 1.15. The molecular formula is C10H17NO3. The van der Waals surface area contributed by atoms with E-state index in [9.17, 15) is 9.59 Å². The van der Waals surface area contributed by atoms with Crippen LogP contribution in [0.1, 0.15) is 33.1 Å². The van der Waals surface area contributed by atoms with Crippen molar-refractivity contribution in [2.24, 2.45) is 0 Å². The van der Waals surface area contributed by atoms with Gasteiger partial charge < -0.3 is 10.4 Å². The molecular weight excluding hydrogens is 182 g/mol. The molecule has 0 aliphatic heterocycles. The number of carbonyl (C=O) groups is 2. The molecule has 0 heterocycles. The Kier molecular flexibility index (Phi) is 6.45. The first-order valence-corrected chi connectivity index (χ1v) is 4.64. The fourth-order valence-corrected chi connectivity index (χ4v) is 0.858. The van der Waals surface area contributed by atoms with E-state index in [0.717, 1.165) is 5.57 Å². The van der Waals surface area contributed by atoms with Crippen molar-refractivity contribution in [1.82, 2.24) is 5.32 Å². The van der Waals surface area contributed by atoms with E-state index in [4.69, 9.17) is 5.11 Å². The van der Waals surface area contributed by atoms with Gasteiger partial charge in [0.05, 0.1) is 0 Å². The lowest BCUT2D eigenvalue weighted by Crippen LogP contribution is -2.23. The Morgan fingerprint density at radius 2 is 1.93 bits per heavy atom. The van der Waals surface area contributed by atoms with Gasteiger partial charge in [-0.3, -0.25) is 9.59 Å². The van der Waals surface area contributed by atoms with E-state index < -0.39 is 5.97 Å². The summed E-state index contributed by atoms with van der Waals surface area (Å²) in [7, 11) is 0. The Hall–Kier alpha value is -1.32. The molecule has 2 N–H and O–H groups in total. The number of rotatable bonds is 6. The number of hydrogen-bond acceptors (Lipinski definition) is 2. The van der Waals surface area contributed by atoms with E-state index in [0.29, 0.717) is 13.0 Å². The highest BCUT2D eigenvalue weighted by Gasteiger charge is 2.01. The van der Waals surface area contributed by atoms with Crippen LogP contribution in [0.2, 0.25) is 0 Å². The summed E-state index contributed by atoms with van der Waals surface area (Å²) in [4.78, 5) is 21.2. The van der Waals surface area contributed by atoms with E-state index >= 15 is 0 Å². The number of nitrogens with one attached hydrogen (secondary N) is 1. The third-order valence-corrected chi connectivity index (χ3v) is 1.60. The predicted octanol–water partition coefficient (Wildman–Crippen LogP) is 1.32. The smallest absolute Gasteiger partial charge is 0.303 e. The second-order valence-corrected chi connectivity index (χ2v) is 3.33. The minimum absolute atomic E-state index is 0.0517. The second kappa shape index (κ2) is 7.12. The maximum atomic E-state index is 11.1. The average Bonchev–Trinajstić information content (AvgIpc) is 2.02. The summed E-state index contributed by atoms with van der Waals surface area (Å²) in [6.07, 6.45) is 2.64. The normalized spacial score (nSPS) is 9.29. The Bertz CT molecular complexity index is 230. The van der Waals surface area contributed by atoms with E-state index in [1.165, 1.54) is 0 Å². The molecule has 0 aromatic rings. The van der Waals surface area contributed by atoms with Crippen molar-refractivity contribution >= 4 is 11.9 Å². The Balaban J connectivity index is 3.47. The van der Waals surface area contributed by atoms with Crippen molar-refractivity contribution in [3.05, 3.63) is 11.6 Å². The summed E-state index contributed by atoms with van der Waals surface area (Å²) in [6.45, 7) is 4.43. The first-order chi connectivity index (χ1) is 6.52. The zero-order valence-corrected chi connectivity index (χ0v) is 8.67. The minimum Gasteiger partial charge on any atom is -0.481 e. The summed E-state index contributed by atoms with van der Waals surface area (Å²) < 4.78 is 0. The monoisotopic (exact) mass is 199 g/mol. The van der Waals surface area contributed by atoms with Gasteiger partial charge in [-0.1, -0.05) is 11.6 Å². The predicted molar refractivity (Wildman–Crippen MR) is 53.9 cm³/mol. The van der Waals surface area contributed by atoms with Gasteiger partial charge in [0.15, 0.2) is 0 Å². The van der Waals surface area contributed by atoms with Crippen LogP contribution in [-0.2, 0) is 9.59 Å². The van der Waals surface area contributed by atoms with Crippen LogP contribution in [0.5, 0.6) is 0 Å². The lowest BCUT2D eigenvalue weighted by Gasteiger charge is -2.01. The SMILES string of the molecule is CC(C)=CCNC(=O)CCCC(=O)O. The van der Waals surface area contributed by atoms with Gasteiger partial charge in [0.25, 0.3) is 0 Å². The number of carboxylic acid groups (broad SMARTS) is 1. The maximum Gasteiger partial charge on any atom is 0.303 e. The van der Waals surface area contributed by atoms with Gasteiger partial charge in [0.1, 0.15) is 0 Å². The molecule has 0 spiro atoms. The summed E-state index contributed by atoms with van der Waals surface area (Å²) in [5, 5.41) is 11.0. The van der Waals surface area contributed by atoms with Gasteiger partial charge in [-0.05, 0) is 20.3 Å². The van der Waals surface area contributed by atoms with Crippen LogP contribution >= 0.6 is 0 Å². The molecule has 4 nitrogen and oxygen atoms in total. The molecule has 0 saturated heterocycles. The molecule has 0 radical (unpaired) electrons. The minimum atomic E-state index is -0.859. The lowest BCUT2D eigenvalue weighted by atomic mass is 10.2. The van der Waals surface area contributed by atoms with Crippen molar-refractivity contribution in [3.8, 4) is 0 Å². The highest BCUT2D eigenvalue weighted by atomic mass is 16.4. The van der Waals surface area contributed by atoms with E-state index in [2.05, 4.69) is 5.32 Å². The van der Waals surface area contributed by atoms with E-state index in [1.54, 1.807) is 0 Å². The largest absolute Gasteiger partial charge is 0.481 e. The quantitative estimate of drug-likeness (QED) is 0.634. The molecule has 0 aromatic carbocycles. The van der Waals surface area contributed by atoms with Crippen LogP contribution in [-0.4, -0.2) is 23.5 Å². The van der Waals surface area contributed by atoms with Gasteiger partial charge in [-0.25, -0.2) is 0 Å². The molecule has 80 valence electrons. The molecule has 0 aromatic heterocycles. The van der Waals surface area contributed by atoms with Crippen LogP contribution in [0, 0.1) is 0 Å². The molecule has 0 atom stereocenters. The number of carboxylic acids is 1. The zero-order chi connectivity index (χ0) is 11.0. The fourth-order valence-electron chi connectivity index (χ4n) is 0.858. The number of aliphatic carboxylic acids is 1. The van der Waals surface area contributed by atoms with Crippen molar-refractivity contribution < 1.29 is 14.7 Å². The topological polar surface area (TPSA) is 66.4 Å². The summed E-state index contributed by atoms with van der Waals surface area (Å²) >= 11 is 0. The van der Waals surface area contributed by atoms with Gasteiger partial charge in [0, 0.05) is 19.4 Å². The van der Waals surface area contributed by atoms with Gasteiger partial charge in [0.2, 0.25) is 5.91 Å². The molecule has 0 unspecified atom stereocenters. The molecule has 1 amide bonds. The molecule has 0 bridgehead atoms. The van der Waals surface area contributed by atoms with Gasteiger partial charge >= 0.3 is 5.97 Å². The molecule has 4 heteroatoms. The second-order valence-electron chi connectivity index (χ2n) is 3.33. The Labute approximate surface area is 84.0 Å². The standard InChI is InChI=1S/C10H17NO3/c1-8(2)6-7-11-9(12)4-3-5-10(13)14/h6H,3-5,7H2,1-2H3,(H,11,12)(H,13,14). The molecule has 0 aliphatic carbocycles. The van der Waals surface area contributed by atoms with Crippen molar-refractivity contribution in [3.63, 3.8) is 0 Å². The summed E-state index contributed by atoms with van der Waals surface area (Å²) in [5.74, 6) is -0.953.